The number of hydrogen-bond donors (Lipinski definition) is 1. The van der Waals surface area contributed by atoms with Crippen molar-refractivity contribution in [3.63, 3.8) is 0 Å². The number of nitrogens with zero attached hydrogens (tertiary/aromatic N) is 1. The molecule has 1 aromatic carbocycles. The van der Waals surface area contributed by atoms with E-state index in [1.807, 2.05) is 30.3 Å². The molecule has 2 aromatic rings. The second-order valence-corrected chi connectivity index (χ2v) is 6.87. The molecule has 1 aliphatic rings. The zero-order valence-corrected chi connectivity index (χ0v) is 12.5. The Morgan fingerprint density at radius 3 is 2.75 bits per heavy atom. The lowest BCUT2D eigenvalue weighted by atomic mass is 10.1. The zero-order valence-electron chi connectivity index (χ0n) is 11.0. The Morgan fingerprint density at radius 2 is 2.05 bits per heavy atom. The molecule has 0 bridgehead atoms. The highest BCUT2D eigenvalue weighted by molar-refractivity contribution is 6.53. The molecule has 0 spiro atoms. The average Bonchev–Trinajstić information content (AvgIpc) is 2.96. The highest BCUT2D eigenvalue weighted by Crippen LogP contribution is 2.63. The Morgan fingerprint density at radius 1 is 1.35 bits per heavy atom. The van der Waals surface area contributed by atoms with Gasteiger partial charge in [0.25, 0.3) is 0 Å². The van der Waals surface area contributed by atoms with Crippen LogP contribution in [-0.4, -0.2) is 15.2 Å². The molecule has 1 atom stereocenters. The highest BCUT2D eigenvalue weighted by Gasteiger charge is 2.67. The van der Waals surface area contributed by atoms with Gasteiger partial charge in [0, 0.05) is 18.1 Å². The van der Waals surface area contributed by atoms with Crippen LogP contribution < -0.4 is 5.32 Å². The number of fused-ring (bicyclic) bond motifs is 1. The van der Waals surface area contributed by atoms with Gasteiger partial charge in [0.05, 0.1) is 10.9 Å². The zero-order chi connectivity index (χ0) is 14.4. The Balaban J connectivity index is 1.77. The van der Waals surface area contributed by atoms with Crippen LogP contribution in [0.1, 0.15) is 18.9 Å². The summed E-state index contributed by atoms with van der Waals surface area (Å²) in [5.41, 5.74) is 1.20. The fraction of sp³-hybridized carbons (Fsp3) is 0.333. The third-order valence-electron chi connectivity index (χ3n) is 3.91. The number of carbonyl (C=O) groups excluding carboxylic acids is 1. The standard InChI is InChI=1S/C15H14Cl2N2O/c1-14(9-15(14,16)17)13(20)19-8-11-5-2-4-10-6-3-7-18-12(10)11/h2-7H,8-9H2,1H3,(H,19,20)/t14-/m1/s1. The maximum atomic E-state index is 12.2. The van der Waals surface area contributed by atoms with Crippen LogP contribution in [-0.2, 0) is 11.3 Å². The fourth-order valence-corrected chi connectivity index (χ4v) is 3.03. The van der Waals surface area contributed by atoms with Gasteiger partial charge >= 0.3 is 0 Å². The summed E-state index contributed by atoms with van der Waals surface area (Å²) >= 11 is 12.0. The van der Waals surface area contributed by atoms with Crippen LogP contribution in [0.2, 0.25) is 0 Å². The van der Waals surface area contributed by atoms with Gasteiger partial charge < -0.3 is 5.32 Å². The van der Waals surface area contributed by atoms with Gasteiger partial charge in [-0.15, -0.1) is 23.2 Å². The molecular weight excluding hydrogens is 295 g/mol. The molecule has 3 rings (SSSR count). The number of rotatable bonds is 3. The van der Waals surface area contributed by atoms with Gasteiger partial charge in [-0.05, 0) is 25.0 Å². The number of benzene rings is 1. The number of aromatic nitrogens is 1. The second kappa shape index (κ2) is 4.61. The molecule has 0 saturated heterocycles. The fourth-order valence-electron chi connectivity index (χ4n) is 2.33. The minimum absolute atomic E-state index is 0.115. The molecule has 0 unspecified atom stereocenters. The van der Waals surface area contributed by atoms with E-state index in [2.05, 4.69) is 10.3 Å². The van der Waals surface area contributed by atoms with Gasteiger partial charge in [0.2, 0.25) is 5.91 Å². The van der Waals surface area contributed by atoms with Crippen LogP contribution in [0, 0.1) is 5.41 Å². The highest BCUT2D eigenvalue weighted by atomic mass is 35.5. The Hall–Kier alpha value is -1.32. The number of hydrogen-bond acceptors (Lipinski definition) is 2. The summed E-state index contributed by atoms with van der Waals surface area (Å²) in [6.07, 6.45) is 2.24. The maximum absolute atomic E-state index is 12.2. The van der Waals surface area contributed by atoms with E-state index in [1.54, 1.807) is 13.1 Å². The predicted molar refractivity (Wildman–Crippen MR) is 80.8 cm³/mol. The van der Waals surface area contributed by atoms with E-state index < -0.39 is 9.75 Å². The summed E-state index contributed by atoms with van der Waals surface area (Å²) in [6, 6.07) is 9.80. The van der Waals surface area contributed by atoms with Crippen molar-refractivity contribution in [3.05, 3.63) is 42.1 Å². The molecular formula is C15H14Cl2N2O. The first-order chi connectivity index (χ1) is 9.44. The van der Waals surface area contributed by atoms with Crippen molar-refractivity contribution in [1.29, 1.82) is 0 Å². The molecule has 1 aromatic heterocycles. The Kier molecular flexibility index (Phi) is 3.14. The van der Waals surface area contributed by atoms with E-state index in [0.717, 1.165) is 16.5 Å². The molecule has 1 aliphatic carbocycles. The number of nitrogens with one attached hydrogen (secondary N) is 1. The van der Waals surface area contributed by atoms with Crippen LogP contribution >= 0.6 is 23.2 Å². The summed E-state index contributed by atoms with van der Waals surface area (Å²) in [7, 11) is 0. The minimum atomic E-state index is -0.936. The summed E-state index contributed by atoms with van der Waals surface area (Å²) in [4.78, 5) is 16.5. The Bertz CT molecular complexity index is 681. The van der Waals surface area contributed by atoms with E-state index in [4.69, 9.17) is 23.2 Å². The van der Waals surface area contributed by atoms with Crippen molar-refractivity contribution in [1.82, 2.24) is 10.3 Å². The van der Waals surface area contributed by atoms with Gasteiger partial charge in [-0.2, -0.15) is 0 Å². The maximum Gasteiger partial charge on any atom is 0.229 e. The van der Waals surface area contributed by atoms with Gasteiger partial charge in [0.1, 0.15) is 4.33 Å². The lowest BCUT2D eigenvalue weighted by Crippen LogP contribution is -2.32. The van der Waals surface area contributed by atoms with Gasteiger partial charge in [-0.1, -0.05) is 24.3 Å². The molecule has 1 N–H and O–H groups in total. The lowest BCUT2D eigenvalue weighted by molar-refractivity contribution is -0.125. The molecule has 5 heteroatoms. The SMILES string of the molecule is C[C@]1(C(=O)NCc2cccc3cccnc23)CC1(Cl)Cl. The Labute approximate surface area is 127 Å². The first-order valence-electron chi connectivity index (χ1n) is 6.43. The van der Waals surface area contributed by atoms with Gasteiger partial charge in [-0.25, -0.2) is 0 Å². The van der Waals surface area contributed by atoms with Crippen LogP contribution in [0.3, 0.4) is 0 Å². The summed E-state index contributed by atoms with van der Waals surface area (Å²) in [5.74, 6) is -0.115. The van der Waals surface area contributed by atoms with Crippen LogP contribution in [0.15, 0.2) is 36.5 Å². The van der Waals surface area contributed by atoms with E-state index in [-0.39, 0.29) is 5.91 Å². The van der Waals surface area contributed by atoms with Crippen molar-refractivity contribution in [2.24, 2.45) is 5.41 Å². The molecule has 0 radical (unpaired) electrons. The number of carbonyl (C=O) groups is 1. The molecule has 104 valence electrons. The topological polar surface area (TPSA) is 42.0 Å². The molecule has 1 saturated carbocycles. The van der Waals surface area contributed by atoms with Gasteiger partial charge in [-0.3, -0.25) is 9.78 Å². The lowest BCUT2D eigenvalue weighted by Gasteiger charge is -2.13. The average molecular weight is 309 g/mol. The van der Waals surface area contributed by atoms with E-state index >= 15 is 0 Å². The summed E-state index contributed by atoms with van der Waals surface area (Å²) < 4.78 is -0.936. The number of para-hydroxylation sites is 1. The number of halogens is 2. The molecule has 1 heterocycles. The number of alkyl halides is 2. The van der Waals surface area contributed by atoms with E-state index in [1.165, 1.54) is 0 Å². The largest absolute Gasteiger partial charge is 0.351 e. The van der Waals surface area contributed by atoms with Crippen molar-refractivity contribution in [3.8, 4) is 0 Å². The first kappa shape index (κ1) is 13.7. The third-order valence-corrected chi connectivity index (χ3v) is 5.02. The monoisotopic (exact) mass is 308 g/mol. The molecule has 0 aliphatic heterocycles. The minimum Gasteiger partial charge on any atom is -0.351 e. The molecule has 1 amide bonds. The molecule has 3 nitrogen and oxygen atoms in total. The molecule has 1 fully saturated rings. The number of amides is 1. The normalized spacial score (nSPS) is 23.6. The van der Waals surface area contributed by atoms with Crippen molar-refractivity contribution >= 4 is 40.0 Å². The number of pyridine rings is 1. The molecule has 20 heavy (non-hydrogen) atoms. The second-order valence-electron chi connectivity index (χ2n) is 5.39. The van der Waals surface area contributed by atoms with Crippen LogP contribution in [0.5, 0.6) is 0 Å². The predicted octanol–water partition coefficient (Wildman–Crippen LogP) is 3.43. The third kappa shape index (κ3) is 2.15. The van der Waals surface area contributed by atoms with Crippen molar-refractivity contribution in [2.45, 2.75) is 24.2 Å². The van der Waals surface area contributed by atoms with E-state index in [0.29, 0.717) is 13.0 Å². The van der Waals surface area contributed by atoms with Crippen LogP contribution in [0.25, 0.3) is 10.9 Å². The van der Waals surface area contributed by atoms with Gasteiger partial charge in [0.15, 0.2) is 0 Å². The van der Waals surface area contributed by atoms with Crippen molar-refractivity contribution in [2.75, 3.05) is 0 Å². The smallest absolute Gasteiger partial charge is 0.229 e. The summed E-state index contributed by atoms with van der Waals surface area (Å²) in [5, 5.41) is 3.96. The van der Waals surface area contributed by atoms with E-state index in [9.17, 15) is 4.79 Å². The quantitative estimate of drug-likeness (QED) is 0.883. The van der Waals surface area contributed by atoms with Crippen molar-refractivity contribution < 1.29 is 4.79 Å². The van der Waals surface area contributed by atoms with Crippen LogP contribution in [0.4, 0.5) is 0 Å². The first-order valence-corrected chi connectivity index (χ1v) is 7.18. The summed E-state index contributed by atoms with van der Waals surface area (Å²) in [6.45, 7) is 2.20.